The van der Waals surface area contributed by atoms with Crippen molar-refractivity contribution in [1.82, 2.24) is 0 Å². The molecule has 1 saturated heterocycles. The average Bonchev–Trinajstić information content (AvgIpc) is 3.15. The van der Waals surface area contributed by atoms with Crippen molar-refractivity contribution >= 4 is 23.5 Å². The van der Waals surface area contributed by atoms with Gasteiger partial charge in [0.2, 0.25) is 11.8 Å². The molecule has 2 unspecified atom stereocenters. The summed E-state index contributed by atoms with van der Waals surface area (Å²) in [5.74, 6) is -1.78. The van der Waals surface area contributed by atoms with E-state index in [2.05, 4.69) is 31.2 Å². The van der Waals surface area contributed by atoms with Gasteiger partial charge in [-0.3, -0.25) is 9.59 Å². The molecule has 0 N–H and O–H groups in total. The van der Waals surface area contributed by atoms with Crippen molar-refractivity contribution in [2.45, 2.75) is 31.6 Å². The molecule has 5 heteroatoms. The Balaban J connectivity index is 1.50. The Morgan fingerprint density at radius 2 is 1.44 bits per heavy atom. The van der Waals surface area contributed by atoms with Gasteiger partial charge in [0.1, 0.15) is 0 Å². The zero-order valence-corrected chi connectivity index (χ0v) is 19.2. The highest BCUT2D eigenvalue weighted by Crippen LogP contribution is 2.65. The zero-order chi connectivity index (χ0) is 23.6. The number of imide groups is 1. The van der Waals surface area contributed by atoms with E-state index in [1.807, 2.05) is 24.3 Å². The van der Waals surface area contributed by atoms with E-state index in [0.717, 1.165) is 17.5 Å². The lowest BCUT2D eigenvalue weighted by Gasteiger charge is -2.54. The second kappa shape index (κ2) is 7.39. The minimum atomic E-state index is -0.543. The van der Waals surface area contributed by atoms with Crippen LogP contribution in [0.2, 0.25) is 0 Å². The van der Waals surface area contributed by atoms with Gasteiger partial charge in [-0.1, -0.05) is 55.5 Å². The van der Waals surface area contributed by atoms with Crippen LogP contribution in [0.1, 0.15) is 58.8 Å². The molecule has 2 bridgehead atoms. The van der Waals surface area contributed by atoms with Crippen molar-refractivity contribution in [1.29, 1.82) is 0 Å². The van der Waals surface area contributed by atoms with E-state index < -0.39 is 23.2 Å². The number of nitrogens with zero attached hydrogens (tertiary/aromatic N) is 1. The molecular weight excluding hydrogens is 426 g/mol. The third kappa shape index (κ3) is 2.47. The van der Waals surface area contributed by atoms with Crippen molar-refractivity contribution in [2.75, 3.05) is 11.5 Å². The molecule has 1 heterocycles. The van der Waals surface area contributed by atoms with Crippen molar-refractivity contribution in [3.05, 3.63) is 101 Å². The van der Waals surface area contributed by atoms with Gasteiger partial charge in [-0.2, -0.15) is 0 Å². The van der Waals surface area contributed by atoms with E-state index in [4.69, 9.17) is 4.74 Å². The third-order valence-electron chi connectivity index (χ3n) is 7.99. The minimum Gasteiger partial charge on any atom is -0.462 e. The summed E-state index contributed by atoms with van der Waals surface area (Å²) in [5, 5.41) is 0. The van der Waals surface area contributed by atoms with Crippen molar-refractivity contribution in [2.24, 2.45) is 11.8 Å². The first-order valence-corrected chi connectivity index (χ1v) is 11.9. The summed E-state index contributed by atoms with van der Waals surface area (Å²) in [4.78, 5) is 41.4. The van der Waals surface area contributed by atoms with E-state index in [0.29, 0.717) is 11.3 Å². The summed E-state index contributed by atoms with van der Waals surface area (Å²) in [6.45, 7) is 4.16. The fourth-order valence-electron chi connectivity index (χ4n) is 6.75. The summed E-state index contributed by atoms with van der Waals surface area (Å²) in [6.07, 6.45) is 0.726. The van der Waals surface area contributed by atoms with Crippen LogP contribution < -0.4 is 4.90 Å². The molecule has 5 nitrogen and oxygen atoms in total. The highest BCUT2D eigenvalue weighted by Gasteiger charge is 2.67. The Labute approximate surface area is 198 Å². The smallest absolute Gasteiger partial charge is 0.338 e. The molecule has 0 saturated carbocycles. The highest BCUT2D eigenvalue weighted by molar-refractivity contribution is 6.23. The van der Waals surface area contributed by atoms with E-state index >= 15 is 0 Å². The molecular formula is C29H25NO4. The first kappa shape index (κ1) is 20.8. The lowest BCUT2D eigenvalue weighted by Crippen LogP contribution is -2.53. The Kier molecular flexibility index (Phi) is 4.53. The monoisotopic (exact) mass is 451 g/mol. The third-order valence-corrected chi connectivity index (χ3v) is 7.99. The topological polar surface area (TPSA) is 63.7 Å². The Morgan fingerprint density at radius 3 is 2.00 bits per heavy atom. The lowest BCUT2D eigenvalue weighted by molar-refractivity contribution is -0.123. The normalized spacial score (nSPS) is 26.2. The maximum Gasteiger partial charge on any atom is 0.338 e. The van der Waals surface area contributed by atoms with Crippen molar-refractivity contribution in [3.63, 3.8) is 0 Å². The van der Waals surface area contributed by atoms with Crippen LogP contribution in [0.25, 0.3) is 0 Å². The molecule has 170 valence electrons. The number of hydrogen-bond donors (Lipinski definition) is 0. The molecule has 3 aromatic rings. The molecule has 3 aromatic carbocycles. The quantitative estimate of drug-likeness (QED) is 0.421. The van der Waals surface area contributed by atoms with Gasteiger partial charge in [0.15, 0.2) is 0 Å². The van der Waals surface area contributed by atoms with Gasteiger partial charge < -0.3 is 4.74 Å². The number of carbonyl (C=O) groups is 3. The van der Waals surface area contributed by atoms with Gasteiger partial charge in [0.05, 0.1) is 29.7 Å². The molecule has 1 fully saturated rings. The minimum absolute atomic E-state index is 0.147. The summed E-state index contributed by atoms with van der Waals surface area (Å²) < 4.78 is 5.06. The number of hydrogen-bond acceptors (Lipinski definition) is 4. The zero-order valence-electron chi connectivity index (χ0n) is 19.2. The average molecular weight is 452 g/mol. The highest BCUT2D eigenvalue weighted by atomic mass is 16.5. The van der Waals surface area contributed by atoms with Crippen LogP contribution in [-0.4, -0.2) is 24.4 Å². The standard InChI is InChI=1S/C29H25NO4/c1-3-29-21-11-7-5-9-19(21)23(20-10-6-8-12-22(20)29)24-25(29)27(32)30(26(24)31)18-15-13-17(14-16-18)28(33)34-4-2/h5-16,23-25H,3-4H2,1-2H3. The van der Waals surface area contributed by atoms with Gasteiger partial charge in [-0.15, -0.1) is 0 Å². The fraction of sp³-hybridized carbons (Fsp3) is 0.276. The number of amides is 2. The maximum absolute atomic E-state index is 14.1. The van der Waals surface area contributed by atoms with Crippen LogP contribution in [0.3, 0.4) is 0 Å². The van der Waals surface area contributed by atoms with E-state index in [1.165, 1.54) is 16.0 Å². The molecule has 0 aromatic heterocycles. The molecule has 34 heavy (non-hydrogen) atoms. The van der Waals surface area contributed by atoms with Crippen LogP contribution in [0.15, 0.2) is 72.8 Å². The Morgan fingerprint density at radius 1 is 0.853 bits per heavy atom. The van der Waals surface area contributed by atoms with Crippen LogP contribution in [0.4, 0.5) is 5.69 Å². The van der Waals surface area contributed by atoms with Gasteiger partial charge in [0, 0.05) is 11.3 Å². The molecule has 7 rings (SSSR count). The Bertz CT molecular complexity index is 1290. The number of rotatable bonds is 4. The lowest BCUT2D eigenvalue weighted by atomic mass is 9.46. The fourth-order valence-corrected chi connectivity index (χ4v) is 6.75. The SMILES string of the molecule is CCOC(=O)c1ccc(N2C(=O)C3C4c5ccccc5C(CC)(c5ccccc54)C3C2=O)cc1. The molecule has 2 amide bonds. The molecule has 4 aliphatic rings. The summed E-state index contributed by atoms with van der Waals surface area (Å²) in [7, 11) is 0. The molecule has 1 aliphatic heterocycles. The first-order chi connectivity index (χ1) is 16.5. The van der Waals surface area contributed by atoms with Crippen molar-refractivity contribution in [3.8, 4) is 0 Å². The number of benzene rings is 3. The molecule has 0 spiro atoms. The van der Waals surface area contributed by atoms with Gasteiger partial charge >= 0.3 is 5.97 Å². The second-order valence-electron chi connectivity index (χ2n) is 9.26. The number of carbonyl (C=O) groups excluding carboxylic acids is 3. The van der Waals surface area contributed by atoms with E-state index in [9.17, 15) is 14.4 Å². The summed E-state index contributed by atoms with van der Waals surface area (Å²) >= 11 is 0. The van der Waals surface area contributed by atoms with Gasteiger partial charge in [-0.25, -0.2) is 9.69 Å². The van der Waals surface area contributed by atoms with Gasteiger partial charge in [0.25, 0.3) is 0 Å². The van der Waals surface area contributed by atoms with Gasteiger partial charge in [-0.05, 0) is 59.9 Å². The van der Waals surface area contributed by atoms with E-state index in [-0.39, 0.29) is 24.3 Å². The summed E-state index contributed by atoms with van der Waals surface area (Å²) in [5.41, 5.74) is 5.00. The Hall–Kier alpha value is -3.73. The first-order valence-electron chi connectivity index (χ1n) is 11.9. The van der Waals surface area contributed by atoms with Crippen LogP contribution >= 0.6 is 0 Å². The maximum atomic E-state index is 14.1. The van der Waals surface area contributed by atoms with Crippen LogP contribution in [0.5, 0.6) is 0 Å². The predicted octanol–water partition coefficient (Wildman–Crippen LogP) is 4.82. The van der Waals surface area contributed by atoms with Crippen LogP contribution in [0, 0.1) is 11.8 Å². The van der Waals surface area contributed by atoms with E-state index in [1.54, 1.807) is 31.2 Å². The second-order valence-corrected chi connectivity index (χ2v) is 9.26. The number of anilines is 1. The molecule has 3 aliphatic carbocycles. The van der Waals surface area contributed by atoms with Crippen LogP contribution in [-0.2, 0) is 19.7 Å². The largest absolute Gasteiger partial charge is 0.462 e. The molecule has 0 radical (unpaired) electrons. The predicted molar refractivity (Wildman–Crippen MR) is 128 cm³/mol. The summed E-state index contributed by atoms with van der Waals surface area (Å²) in [6, 6.07) is 23.2. The van der Waals surface area contributed by atoms with Crippen molar-refractivity contribution < 1.29 is 19.1 Å². The number of ether oxygens (including phenoxy) is 1. The molecule has 2 atom stereocenters. The number of esters is 1.